The van der Waals surface area contributed by atoms with E-state index in [0.29, 0.717) is 11.5 Å². The third-order valence-corrected chi connectivity index (χ3v) is 4.47. The van der Waals surface area contributed by atoms with Crippen molar-refractivity contribution in [3.8, 4) is 0 Å². The Morgan fingerprint density at radius 1 is 1.08 bits per heavy atom. The highest BCUT2D eigenvalue weighted by Crippen LogP contribution is 2.29. The number of ether oxygens (including phenoxy) is 1. The Balaban J connectivity index is 1.71. The number of halogens is 2. The number of nitrogens with one attached hydrogen (secondary N) is 1. The molecule has 0 saturated carbocycles. The van der Waals surface area contributed by atoms with Gasteiger partial charge in [-0.05, 0) is 36.4 Å². The van der Waals surface area contributed by atoms with Crippen LogP contribution in [0.5, 0.6) is 0 Å². The summed E-state index contributed by atoms with van der Waals surface area (Å²) in [5.74, 6) is 0.206. The molecule has 0 radical (unpaired) electrons. The largest absolute Gasteiger partial charge is 0.378 e. The number of benzene rings is 2. The van der Waals surface area contributed by atoms with Gasteiger partial charge in [0.2, 0.25) is 0 Å². The Morgan fingerprint density at radius 3 is 2.72 bits per heavy atom. The summed E-state index contributed by atoms with van der Waals surface area (Å²) in [5.41, 5.74) is 2.61. The van der Waals surface area contributed by atoms with E-state index in [1.165, 1.54) is 18.5 Å². The van der Waals surface area contributed by atoms with Crippen LogP contribution in [0.15, 0.2) is 42.7 Å². The minimum Gasteiger partial charge on any atom is -0.378 e. The molecule has 25 heavy (non-hydrogen) atoms. The topological polar surface area (TPSA) is 50.3 Å². The molecule has 2 aromatic carbocycles. The Bertz CT molecular complexity index is 915. The summed E-state index contributed by atoms with van der Waals surface area (Å²) in [5, 5.41) is 4.16. The zero-order chi connectivity index (χ0) is 17.2. The van der Waals surface area contributed by atoms with Crippen molar-refractivity contribution in [2.45, 2.75) is 0 Å². The maximum Gasteiger partial charge on any atom is 0.141 e. The van der Waals surface area contributed by atoms with E-state index in [1.807, 2.05) is 6.07 Å². The first-order valence-electron chi connectivity index (χ1n) is 8.00. The Morgan fingerprint density at radius 2 is 1.92 bits per heavy atom. The van der Waals surface area contributed by atoms with Crippen molar-refractivity contribution in [3.63, 3.8) is 0 Å². The number of hydrogen-bond donors (Lipinski definition) is 1. The SMILES string of the molecule is Fc1ccc(Nc2ncnc3ccc(N4CCOCC4)cc23)cc1Cl. The van der Waals surface area contributed by atoms with Gasteiger partial charge in [-0.2, -0.15) is 0 Å². The molecule has 0 amide bonds. The molecule has 0 spiro atoms. The highest BCUT2D eigenvalue weighted by Gasteiger charge is 2.13. The van der Waals surface area contributed by atoms with Crippen LogP contribution in [0, 0.1) is 5.82 Å². The third kappa shape index (κ3) is 3.36. The van der Waals surface area contributed by atoms with Crippen molar-refractivity contribution in [2.24, 2.45) is 0 Å². The highest BCUT2D eigenvalue weighted by atomic mass is 35.5. The van der Waals surface area contributed by atoms with E-state index >= 15 is 0 Å². The standard InChI is InChI=1S/C18H16ClFN4O/c19-15-9-12(1-3-16(15)20)23-18-14-10-13(24-5-7-25-8-6-24)2-4-17(14)21-11-22-18/h1-4,9-11H,5-8H2,(H,21,22,23). The van der Waals surface area contributed by atoms with Crippen LogP contribution in [-0.2, 0) is 4.74 Å². The molecule has 1 fully saturated rings. The Kier molecular flexibility index (Phi) is 4.38. The average Bonchev–Trinajstić information content (AvgIpc) is 2.65. The molecular formula is C18H16ClFN4O. The van der Waals surface area contributed by atoms with Crippen molar-refractivity contribution in [3.05, 3.63) is 53.6 Å². The molecule has 7 heteroatoms. The molecule has 5 nitrogen and oxygen atoms in total. The van der Waals surface area contributed by atoms with Crippen LogP contribution in [0.3, 0.4) is 0 Å². The molecule has 128 valence electrons. The van der Waals surface area contributed by atoms with E-state index < -0.39 is 5.82 Å². The van der Waals surface area contributed by atoms with Gasteiger partial charge >= 0.3 is 0 Å². The van der Waals surface area contributed by atoms with Gasteiger partial charge in [0.15, 0.2) is 0 Å². The van der Waals surface area contributed by atoms with Crippen LogP contribution in [0.2, 0.25) is 5.02 Å². The molecule has 0 aliphatic carbocycles. The molecule has 4 rings (SSSR count). The smallest absolute Gasteiger partial charge is 0.141 e. The fourth-order valence-electron chi connectivity index (χ4n) is 2.87. The number of fused-ring (bicyclic) bond motifs is 1. The van der Waals surface area contributed by atoms with Crippen LogP contribution >= 0.6 is 11.6 Å². The summed E-state index contributed by atoms with van der Waals surface area (Å²) < 4.78 is 18.8. The Labute approximate surface area is 149 Å². The molecule has 1 N–H and O–H groups in total. The van der Waals surface area contributed by atoms with Gasteiger partial charge in [-0.3, -0.25) is 0 Å². The molecule has 1 saturated heterocycles. The van der Waals surface area contributed by atoms with Crippen molar-refractivity contribution < 1.29 is 9.13 Å². The number of hydrogen-bond acceptors (Lipinski definition) is 5. The van der Waals surface area contributed by atoms with Crippen molar-refractivity contribution in [1.82, 2.24) is 9.97 Å². The van der Waals surface area contributed by atoms with Gasteiger partial charge in [0.25, 0.3) is 0 Å². The predicted molar refractivity (Wildman–Crippen MR) is 97.3 cm³/mol. The molecule has 0 unspecified atom stereocenters. The molecule has 3 aromatic rings. The number of morpholine rings is 1. The second-order valence-electron chi connectivity index (χ2n) is 5.78. The van der Waals surface area contributed by atoms with Gasteiger partial charge < -0.3 is 15.0 Å². The summed E-state index contributed by atoms with van der Waals surface area (Å²) in [6.45, 7) is 3.16. The zero-order valence-electron chi connectivity index (χ0n) is 13.4. The summed E-state index contributed by atoms with van der Waals surface area (Å²) in [7, 11) is 0. The van der Waals surface area contributed by atoms with E-state index in [0.717, 1.165) is 42.9 Å². The lowest BCUT2D eigenvalue weighted by Crippen LogP contribution is -2.36. The molecule has 0 bridgehead atoms. The lowest BCUT2D eigenvalue weighted by Gasteiger charge is -2.29. The first kappa shape index (κ1) is 16.1. The summed E-state index contributed by atoms with van der Waals surface area (Å²) >= 11 is 5.86. The molecular weight excluding hydrogens is 343 g/mol. The zero-order valence-corrected chi connectivity index (χ0v) is 14.1. The van der Waals surface area contributed by atoms with Gasteiger partial charge in [-0.25, -0.2) is 14.4 Å². The fourth-order valence-corrected chi connectivity index (χ4v) is 3.05. The van der Waals surface area contributed by atoms with Crippen LogP contribution < -0.4 is 10.2 Å². The average molecular weight is 359 g/mol. The molecule has 1 aliphatic heterocycles. The van der Waals surface area contributed by atoms with Gasteiger partial charge in [0, 0.05) is 29.9 Å². The Hall–Kier alpha value is -2.44. The fraction of sp³-hybridized carbons (Fsp3) is 0.222. The van der Waals surface area contributed by atoms with E-state index in [9.17, 15) is 4.39 Å². The van der Waals surface area contributed by atoms with Gasteiger partial charge in [0.05, 0.1) is 23.8 Å². The van der Waals surface area contributed by atoms with Crippen LogP contribution in [0.1, 0.15) is 0 Å². The molecule has 1 aromatic heterocycles. The predicted octanol–water partition coefficient (Wildman–Crippen LogP) is 4.00. The van der Waals surface area contributed by atoms with Crippen LogP contribution in [0.25, 0.3) is 10.9 Å². The molecule has 1 aliphatic rings. The van der Waals surface area contributed by atoms with Gasteiger partial charge in [-0.1, -0.05) is 11.6 Å². The number of nitrogens with zero attached hydrogens (tertiary/aromatic N) is 3. The normalized spacial score (nSPS) is 14.7. The van der Waals surface area contributed by atoms with Crippen molar-refractivity contribution in [1.29, 1.82) is 0 Å². The lowest BCUT2D eigenvalue weighted by molar-refractivity contribution is 0.122. The highest BCUT2D eigenvalue weighted by molar-refractivity contribution is 6.31. The second-order valence-corrected chi connectivity index (χ2v) is 6.18. The molecule has 2 heterocycles. The number of anilines is 3. The molecule has 0 atom stereocenters. The van der Waals surface area contributed by atoms with Gasteiger partial charge in [0.1, 0.15) is 18.0 Å². The summed E-state index contributed by atoms with van der Waals surface area (Å²) in [4.78, 5) is 10.9. The van der Waals surface area contributed by atoms with E-state index in [1.54, 1.807) is 6.07 Å². The van der Waals surface area contributed by atoms with Crippen LogP contribution in [-0.4, -0.2) is 36.3 Å². The lowest BCUT2D eigenvalue weighted by atomic mass is 10.2. The van der Waals surface area contributed by atoms with Crippen molar-refractivity contribution >= 4 is 39.7 Å². The number of rotatable bonds is 3. The van der Waals surface area contributed by atoms with E-state index in [4.69, 9.17) is 16.3 Å². The van der Waals surface area contributed by atoms with Crippen LogP contribution in [0.4, 0.5) is 21.6 Å². The monoisotopic (exact) mass is 358 g/mol. The minimum absolute atomic E-state index is 0.0670. The number of aromatic nitrogens is 2. The maximum absolute atomic E-state index is 13.3. The van der Waals surface area contributed by atoms with E-state index in [2.05, 4.69) is 32.3 Å². The minimum atomic E-state index is -0.450. The quantitative estimate of drug-likeness (QED) is 0.766. The van der Waals surface area contributed by atoms with Crippen molar-refractivity contribution in [2.75, 3.05) is 36.5 Å². The summed E-state index contributed by atoms with van der Waals surface area (Å²) in [6.07, 6.45) is 1.50. The van der Waals surface area contributed by atoms with E-state index in [-0.39, 0.29) is 5.02 Å². The first-order chi connectivity index (χ1) is 12.2. The van der Waals surface area contributed by atoms with Gasteiger partial charge in [-0.15, -0.1) is 0 Å². The third-order valence-electron chi connectivity index (χ3n) is 4.18. The maximum atomic E-state index is 13.3. The first-order valence-corrected chi connectivity index (χ1v) is 8.38. The summed E-state index contributed by atoms with van der Waals surface area (Å²) in [6, 6.07) is 10.6. The second kappa shape index (κ2) is 6.82.